The largest absolute Gasteiger partial charge is 0.462 e. The summed E-state index contributed by atoms with van der Waals surface area (Å²) in [5.41, 5.74) is 0. The Morgan fingerprint density at radius 2 is 0.534 bits per heavy atom. The SMILES string of the molecule is CC/C=C\C/C=C\C/C=C\C/C=C\C/C=C\CCCCCC(=O)O[C@H](COC(=O)CCCCCCCCCCC/C=C\C/C=C\CCCCC)COC(=O)CCCCCCCCCCCCCCCCCCC. The van der Waals surface area contributed by atoms with E-state index in [0.29, 0.717) is 12.8 Å². The molecule has 0 aliphatic heterocycles. The Balaban J connectivity index is 4.43. The van der Waals surface area contributed by atoms with Crippen molar-refractivity contribution >= 4 is 17.9 Å². The molecular weight excluding hydrogens is 901 g/mol. The van der Waals surface area contributed by atoms with E-state index in [-0.39, 0.29) is 37.5 Å². The van der Waals surface area contributed by atoms with Gasteiger partial charge >= 0.3 is 17.9 Å². The van der Waals surface area contributed by atoms with Crippen LogP contribution in [0.1, 0.15) is 303 Å². The fourth-order valence-corrected chi connectivity index (χ4v) is 8.74. The lowest BCUT2D eigenvalue weighted by atomic mass is 10.0. The maximum absolute atomic E-state index is 12.9. The molecule has 1 atom stereocenters. The molecule has 0 aliphatic carbocycles. The van der Waals surface area contributed by atoms with Gasteiger partial charge < -0.3 is 14.2 Å². The minimum absolute atomic E-state index is 0.0889. The summed E-state index contributed by atoms with van der Waals surface area (Å²) < 4.78 is 16.9. The highest BCUT2D eigenvalue weighted by Gasteiger charge is 2.19. The van der Waals surface area contributed by atoms with E-state index in [4.69, 9.17) is 14.2 Å². The third-order valence-electron chi connectivity index (χ3n) is 13.4. The lowest BCUT2D eigenvalue weighted by Gasteiger charge is -2.18. The van der Waals surface area contributed by atoms with Crippen LogP contribution in [0, 0.1) is 0 Å². The predicted molar refractivity (Wildman–Crippen MR) is 316 cm³/mol. The number of unbranched alkanes of at least 4 members (excludes halogenated alkanes) is 31. The van der Waals surface area contributed by atoms with E-state index in [1.54, 1.807) is 0 Å². The Morgan fingerprint density at radius 1 is 0.288 bits per heavy atom. The molecule has 0 aromatic carbocycles. The van der Waals surface area contributed by atoms with Gasteiger partial charge in [0.2, 0.25) is 0 Å². The summed E-state index contributed by atoms with van der Waals surface area (Å²) in [5.74, 6) is -0.913. The smallest absolute Gasteiger partial charge is 0.306 e. The molecule has 0 saturated heterocycles. The van der Waals surface area contributed by atoms with Crippen LogP contribution < -0.4 is 0 Å². The molecule has 0 fully saturated rings. The summed E-state index contributed by atoms with van der Waals surface area (Å²) in [6.45, 7) is 6.51. The molecule has 73 heavy (non-hydrogen) atoms. The van der Waals surface area contributed by atoms with Crippen LogP contribution in [0.2, 0.25) is 0 Å². The van der Waals surface area contributed by atoms with Crippen molar-refractivity contribution in [2.24, 2.45) is 0 Å². The van der Waals surface area contributed by atoms with Crippen LogP contribution in [0.5, 0.6) is 0 Å². The highest BCUT2D eigenvalue weighted by Crippen LogP contribution is 2.16. The van der Waals surface area contributed by atoms with Crippen LogP contribution in [0.4, 0.5) is 0 Å². The molecule has 0 saturated carbocycles. The van der Waals surface area contributed by atoms with E-state index in [1.807, 2.05) is 0 Å². The van der Waals surface area contributed by atoms with Crippen LogP contribution in [0.3, 0.4) is 0 Å². The second-order valence-electron chi connectivity index (χ2n) is 20.6. The van der Waals surface area contributed by atoms with Gasteiger partial charge in [-0.25, -0.2) is 0 Å². The molecule has 0 aromatic heterocycles. The first-order valence-electron chi connectivity index (χ1n) is 31.1. The van der Waals surface area contributed by atoms with E-state index in [2.05, 4.69) is 106 Å². The topological polar surface area (TPSA) is 78.9 Å². The third kappa shape index (κ3) is 59.3. The average molecular weight is 1020 g/mol. The second-order valence-corrected chi connectivity index (χ2v) is 20.6. The number of allylic oxidation sites excluding steroid dienone is 14. The number of carbonyl (C=O) groups is 3. The van der Waals surface area contributed by atoms with Crippen molar-refractivity contribution in [3.8, 4) is 0 Å². The zero-order chi connectivity index (χ0) is 52.9. The molecule has 0 aliphatic rings. The van der Waals surface area contributed by atoms with Gasteiger partial charge in [-0.2, -0.15) is 0 Å². The van der Waals surface area contributed by atoms with Crippen molar-refractivity contribution in [1.29, 1.82) is 0 Å². The summed E-state index contributed by atoms with van der Waals surface area (Å²) in [6.07, 6.45) is 80.0. The van der Waals surface area contributed by atoms with Gasteiger partial charge in [0.1, 0.15) is 13.2 Å². The van der Waals surface area contributed by atoms with Crippen molar-refractivity contribution in [2.75, 3.05) is 13.2 Å². The van der Waals surface area contributed by atoms with Crippen LogP contribution in [0.25, 0.3) is 0 Å². The summed E-state index contributed by atoms with van der Waals surface area (Å²) >= 11 is 0. The normalized spacial score (nSPS) is 12.6. The van der Waals surface area contributed by atoms with Gasteiger partial charge in [0.15, 0.2) is 6.10 Å². The Bertz CT molecular complexity index is 1400. The molecule has 0 N–H and O–H groups in total. The van der Waals surface area contributed by atoms with Gasteiger partial charge in [-0.15, -0.1) is 0 Å². The average Bonchev–Trinajstić information content (AvgIpc) is 3.39. The third-order valence-corrected chi connectivity index (χ3v) is 13.4. The Morgan fingerprint density at radius 3 is 0.877 bits per heavy atom. The van der Waals surface area contributed by atoms with Crippen LogP contribution >= 0.6 is 0 Å². The van der Waals surface area contributed by atoms with Gasteiger partial charge in [-0.3, -0.25) is 14.4 Å². The molecular formula is C67H116O6. The van der Waals surface area contributed by atoms with E-state index >= 15 is 0 Å². The highest BCUT2D eigenvalue weighted by molar-refractivity contribution is 5.71. The highest BCUT2D eigenvalue weighted by atomic mass is 16.6. The Hall–Kier alpha value is -3.41. The molecule has 0 heterocycles. The summed E-state index contributed by atoms with van der Waals surface area (Å²) in [5, 5.41) is 0. The molecule has 0 unspecified atom stereocenters. The number of ether oxygens (including phenoxy) is 3. The van der Waals surface area contributed by atoms with Gasteiger partial charge in [-0.1, -0.05) is 273 Å². The van der Waals surface area contributed by atoms with E-state index in [9.17, 15) is 14.4 Å². The molecule has 420 valence electrons. The first-order chi connectivity index (χ1) is 36.0. The monoisotopic (exact) mass is 1020 g/mol. The quantitative estimate of drug-likeness (QED) is 0.0261. The number of hydrogen-bond acceptors (Lipinski definition) is 6. The molecule has 0 spiro atoms. The molecule has 0 rings (SSSR count). The number of hydrogen-bond donors (Lipinski definition) is 0. The van der Waals surface area contributed by atoms with E-state index in [0.717, 1.165) is 103 Å². The first kappa shape index (κ1) is 69.6. The molecule has 0 amide bonds. The number of carbonyl (C=O) groups excluding carboxylic acids is 3. The van der Waals surface area contributed by atoms with Crippen molar-refractivity contribution in [3.63, 3.8) is 0 Å². The summed E-state index contributed by atoms with van der Waals surface area (Å²) in [4.78, 5) is 38.3. The standard InChI is InChI=1S/C67H116O6/c1-4-7-10-13-16-19-22-25-28-31-33-36-39-42-45-48-51-54-57-60-66(69)72-63-64(62-71-65(68)59-56-53-50-47-44-41-38-35-30-27-24-21-18-15-12-9-6-3)73-67(70)61-58-55-52-49-46-43-40-37-34-32-29-26-23-20-17-14-11-8-5-2/h8,11,16-17,19-20,25-26,28-29,34,37,43,46,64H,4-7,9-10,12-15,18,21-24,27,30-33,35-36,38-42,44-45,47-63H2,1-3H3/b11-8-,19-16-,20-17-,28-25-,29-26-,37-34-,46-43-/t64-/m0/s1. The minimum atomic E-state index is -0.796. The summed E-state index contributed by atoms with van der Waals surface area (Å²) in [6, 6.07) is 0. The summed E-state index contributed by atoms with van der Waals surface area (Å²) in [7, 11) is 0. The zero-order valence-corrected chi connectivity index (χ0v) is 48.1. The van der Waals surface area contributed by atoms with Crippen LogP contribution in [-0.2, 0) is 28.6 Å². The zero-order valence-electron chi connectivity index (χ0n) is 48.1. The van der Waals surface area contributed by atoms with E-state index < -0.39 is 6.10 Å². The predicted octanol–water partition coefficient (Wildman–Crippen LogP) is 21.1. The lowest BCUT2D eigenvalue weighted by molar-refractivity contribution is -0.167. The fraction of sp³-hybridized carbons (Fsp3) is 0.746. The number of esters is 3. The lowest BCUT2D eigenvalue weighted by Crippen LogP contribution is -2.30. The molecule has 0 aromatic rings. The van der Waals surface area contributed by atoms with Gasteiger partial charge in [0, 0.05) is 19.3 Å². The first-order valence-corrected chi connectivity index (χ1v) is 31.1. The number of rotatable bonds is 56. The fourth-order valence-electron chi connectivity index (χ4n) is 8.74. The van der Waals surface area contributed by atoms with Crippen molar-refractivity contribution < 1.29 is 28.6 Å². The van der Waals surface area contributed by atoms with Gasteiger partial charge in [-0.05, 0) is 96.3 Å². The van der Waals surface area contributed by atoms with Crippen LogP contribution in [0.15, 0.2) is 85.1 Å². The van der Waals surface area contributed by atoms with Crippen molar-refractivity contribution in [1.82, 2.24) is 0 Å². The van der Waals surface area contributed by atoms with Crippen LogP contribution in [-0.4, -0.2) is 37.2 Å². The maximum atomic E-state index is 12.9. The van der Waals surface area contributed by atoms with E-state index in [1.165, 1.54) is 161 Å². The molecule has 0 radical (unpaired) electrons. The van der Waals surface area contributed by atoms with Crippen molar-refractivity contribution in [2.45, 2.75) is 309 Å². The molecule has 0 bridgehead atoms. The van der Waals surface area contributed by atoms with Gasteiger partial charge in [0.25, 0.3) is 0 Å². The Kier molecular flexibility index (Phi) is 58.3. The second kappa shape index (κ2) is 61.1. The molecule has 6 heteroatoms. The van der Waals surface area contributed by atoms with Crippen molar-refractivity contribution in [3.05, 3.63) is 85.1 Å². The van der Waals surface area contributed by atoms with Gasteiger partial charge in [0.05, 0.1) is 0 Å². The maximum Gasteiger partial charge on any atom is 0.306 e. The Labute approximate surface area is 452 Å². The molecule has 6 nitrogen and oxygen atoms in total. The minimum Gasteiger partial charge on any atom is -0.462 e.